The average Bonchev–Trinajstić information content (AvgIpc) is 2.91. The second-order valence-corrected chi connectivity index (χ2v) is 6.35. The summed E-state index contributed by atoms with van der Waals surface area (Å²) in [5, 5.41) is 3.54. The van der Waals surface area contributed by atoms with E-state index >= 15 is 0 Å². The molecule has 0 N–H and O–H groups in total. The maximum atomic E-state index is 5.74. The fraction of sp³-hybridized carbons (Fsp3) is 0.176. The second kappa shape index (κ2) is 5.98. The third kappa shape index (κ3) is 2.48. The van der Waals surface area contributed by atoms with Crippen molar-refractivity contribution in [2.75, 3.05) is 6.61 Å². The highest BCUT2D eigenvalue weighted by molar-refractivity contribution is 9.09. The van der Waals surface area contributed by atoms with Crippen LogP contribution in [0.5, 0.6) is 5.75 Å². The van der Waals surface area contributed by atoms with Gasteiger partial charge in [0, 0.05) is 10.3 Å². The smallest absolute Gasteiger partial charge is 0.123 e. The number of hydrogen-bond donors (Lipinski definition) is 0. The van der Waals surface area contributed by atoms with Crippen LogP contribution in [0.2, 0.25) is 0 Å². The van der Waals surface area contributed by atoms with E-state index in [1.54, 1.807) is 11.3 Å². The van der Waals surface area contributed by atoms with E-state index in [9.17, 15) is 0 Å². The summed E-state index contributed by atoms with van der Waals surface area (Å²) in [5.41, 5.74) is 2.48. The number of benzene rings is 2. The molecule has 0 radical (unpaired) electrons. The number of ether oxygens (including phenoxy) is 1. The van der Waals surface area contributed by atoms with Crippen LogP contribution in [0.4, 0.5) is 0 Å². The molecule has 0 amide bonds. The molecule has 0 fully saturated rings. The van der Waals surface area contributed by atoms with Crippen molar-refractivity contribution in [1.29, 1.82) is 0 Å². The topological polar surface area (TPSA) is 9.23 Å². The Hall–Kier alpha value is -1.32. The van der Waals surface area contributed by atoms with E-state index in [-0.39, 0.29) is 4.83 Å². The predicted molar refractivity (Wildman–Crippen MR) is 90.2 cm³/mol. The molecule has 0 spiro atoms. The molecule has 0 saturated heterocycles. The van der Waals surface area contributed by atoms with E-state index < -0.39 is 0 Å². The second-order valence-electron chi connectivity index (χ2n) is 4.52. The number of para-hydroxylation sites is 1. The lowest BCUT2D eigenvalue weighted by Crippen LogP contribution is -1.99. The summed E-state index contributed by atoms with van der Waals surface area (Å²) in [6.45, 7) is 2.70. The Morgan fingerprint density at radius 2 is 1.80 bits per heavy atom. The van der Waals surface area contributed by atoms with Gasteiger partial charge in [-0.25, -0.2) is 0 Å². The fourth-order valence-corrected chi connectivity index (χ4v) is 4.26. The molecule has 20 heavy (non-hydrogen) atoms. The molecule has 1 unspecified atom stereocenters. The van der Waals surface area contributed by atoms with Gasteiger partial charge >= 0.3 is 0 Å². The van der Waals surface area contributed by atoms with E-state index in [0.717, 1.165) is 5.75 Å². The number of alkyl halides is 1. The van der Waals surface area contributed by atoms with Gasteiger partial charge in [0.1, 0.15) is 5.75 Å². The monoisotopic (exact) mass is 346 g/mol. The Labute approximate surface area is 131 Å². The lowest BCUT2D eigenvalue weighted by Gasteiger charge is -2.15. The summed E-state index contributed by atoms with van der Waals surface area (Å²) in [4.78, 5) is 0.154. The minimum atomic E-state index is 0.154. The Kier molecular flexibility index (Phi) is 4.08. The summed E-state index contributed by atoms with van der Waals surface area (Å²) in [5.74, 6) is 0.951. The molecule has 3 heteroatoms. The third-order valence-corrected chi connectivity index (χ3v) is 5.24. The molecule has 102 valence electrons. The maximum Gasteiger partial charge on any atom is 0.123 e. The van der Waals surface area contributed by atoms with Crippen molar-refractivity contribution in [1.82, 2.24) is 0 Å². The standard InChI is InChI=1S/C17H15BrOS/c1-2-19-15-9-5-3-8-13(15)17(18)14-11-20-16-10-6-4-7-12(14)16/h3-11,17H,2H2,1H3. The van der Waals surface area contributed by atoms with Crippen LogP contribution in [0.1, 0.15) is 22.9 Å². The third-order valence-electron chi connectivity index (χ3n) is 3.28. The first-order valence-electron chi connectivity index (χ1n) is 6.63. The lowest BCUT2D eigenvalue weighted by atomic mass is 10.0. The summed E-state index contributed by atoms with van der Waals surface area (Å²) in [6.07, 6.45) is 0. The van der Waals surface area contributed by atoms with Crippen LogP contribution in [-0.4, -0.2) is 6.61 Å². The van der Waals surface area contributed by atoms with Crippen molar-refractivity contribution in [3.8, 4) is 5.75 Å². The van der Waals surface area contributed by atoms with Gasteiger partial charge in [0.15, 0.2) is 0 Å². The van der Waals surface area contributed by atoms with Gasteiger partial charge in [-0.15, -0.1) is 11.3 Å². The highest BCUT2D eigenvalue weighted by Gasteiger charge is 2.18. The number of halogens is 1. The van der Waals surface area contributed by atoms with Crippen LogP contribution in [0.25, 0.3) is 10.1 Å². The highest BCUT2D eigenvalue weighted by atomic mass is 79.9. The summed E-state index contributed by atoms with van der Waals surface area (Å²) >= 11 is 5.63. The normalized spacial score (nSPS) is 12.5. The zero-order valence-electron chi connectivity index (χ0n) is 11.2. The molecule has 1 nitrogen and oxygen atoms in total. The molecule has 0 bridgehead atoms. The summed E-state index contributed by atoms with van der Waals surface area (Å²) in [6, 6.07) is 16.7. The maximum absolute atomic E-state index is 5.74. The van der Waals surface area contributed by atoms with Crippen LogP contribution < -0.4 is 4.74 Å². The van der Waals surface area contributed by atoms with E-state index in [4.69, 9.17) is 4.74 Å². The van der Waals surface area contributed by atoms with Gasteiger partial charge in [-0.05, 0) is 35.4 Å². The molecule has 3 aromatic rings. The van der Waals surface area contributed by atoms with Crippen molar-refractivity contribution < 1.29 is 4.74 Å². The SMILES string of the molecule is CCOc1ccccc1C(Br)c1csc2ccccc12. The minimum absolute atomic E-state index is 0.154. The quantitative estimate of drug-likeness (QED) is 0.543. The van der Waals surface area contributed by atoms with E-state index in [0.29, 0.717) is 6.61 Å². The Balaban J connectivity index is 2.06. The lowest BCUT2D eigenvalue weighted by molar-refractivity contribution is 0.337. The Bertz CT molecular complexity index is 720. The minimum Gasteiger partial charge on any atom is -0.494 e. The molecule has 1 aromatic heterocycles. The number of thiophene rings is 1. The van der Waals surface area contributed by atoms with Crippen LogP contribution in [-0.2, 0) is 0 Å². The molecular formula is C17H15BrOS. The van der Waals surface area contributed by atoms with Gasteiger partial charge in [0.2, 0.25) is 0 Å². The molecule has 3 rings (SSSR count). The Morgan fingerprint density at radius 1 is 1.05 bits per heavy atom. The molecule has 2 aromatic carbocycles. The van der Waals surface area contributed by atoms with E-state index in [1.807, 2.05) is 19.1 Å². The van der Waals surface area contributed by atoms with Crippen LogP contribution >= 0.6 is 27.3 Å². The van der Waals surface area contributed by atoms with Crippen molar-refractivity contribution in [3.05, 3.63) is 65.0 Å². The zero-order valence-corrected chi connectivity index (χ0v) is 13.6. The summed E-state index contributed by atoms with van der Waals surface area (Å²) < 4.78 is 7.06. The molecule has 0 saturated carbocycles. The van der Waals surface area contributed by atoms with Crippen LogP contribution in [0, 0.1) is 0 Å². The first kappa shape index (κ1) is 13.7. The molecule has 1 heterocycles. The molecule has 0 aliphatic rings. The van der Waals surface area contributed by atoms with E-state index in [2.05, 4.69) is 57.7 Å². The van der Waals surface area contributed by atoms with E-state index in [1.165, 1.54) is 21.2 Å². The summed E-state index contributed by atoms with van der Waals surface area (Å²) in [7, 11) is 0. The molecule has 0 aliphatic carbocycles. The van der Waals surface area contributed by atoms with Crippen LogP contribution in [0.15, 0.2) is 53.9 Å². The zero-order chi connectivity index (χ0) is 13.9. The first-order valence-corrected chi connectivity index (χ1v) is 8.42. The number of rotatable bonds is 4. The number of hydrogen-bond acceptors (Lipinski definition) is 2. The van der Waals surface area contributed by atoms with Gasteiger partial charge in [-0.3, -0.25) is 0 Å². The van der Waals surface area contributed by atoms with Gasteiger partial charge in [-0.1, -0.05) is 52.3 Å². The van der Waals surface area contributed by atoms with Crippen LogP contribution in [0.3, 0.4) is 0 Å². The van der Waals surface area contributed by atoms with Crippen molar-refractivity contribution >= 4 is 37.4 Å². The Morgan fingerprint density at radius 3 is 2.65 bits per heavy atom. The average molecular weight is 347 g/mol. The first-order chi connectivity index (χ1) is 9.81. The highest BCUT2D eigenvalue weighted by Crippen LogP contribution is 2.41. The van der Waals surface area contributed by atoms with Gasteiger partial charge in [0.25, 0.3) is 0 Å². The fourth-order valence-electron chi connectivity index (χ4n) is 2.34. The van der Waals surface area contributed by atoms with Gasteiger partial charge < -0.3 is 4.74 Å². The van der Waals surface area contributed by atoms with Gasteiger partial charge in [-0.2, -0.15) is 0 Å². The van der Waals surface area contributed by atoms with Crippen molar-refractivity contribution in [2.45, 2.75) is 11.8 Å². The van der Waals surface area contributed by atoms with Crippen molar-refractivity contribution in [2.24, 2.45) is 0 Å². The van der Waals surface area contributed by atoms with Gasteiger partial charge in [0.05, 0.1) is 11.4 Å². The van der Waals surface area contributed by atoms with Crippen molar-refractivity contribution in [3.63, 3.8) is 0 Å². The molecule has 0 aliphatic heterocycles. The molecular weight excluding hydrogens is 332 g/mol. The largest absolute Gasteiger partial charge is 0.494 e. The number of fused-ring (bicyclic) bond motifs is 1. The predicted octanol–water partition coefficient (Wildman–Crippen LogP) is 5.78. The molecule has 1 atom stereocenters.